The van der Waals surface area contributed by atoms with E-state index in [4.69, 9.17) is 9.47 Å². The van der Waals surface area contributed by atoms with Crippen LogP contribution in [0.15, 0.2) is 108 Å². The van der Waals surface area contributed by atoms with Crippen LogP contribution in [0.5, 0.6) is 5.75 Å². The van der Waals surface area contributed by atoms with Crippen molar-refractivity contribution in [3.05, 3.63) is 113 Å². The molecule has 52 heavy (non-hydrogen) atoms. The second-order valence-electron chi connectivity index (χ2n) is 14.9. The van der Waals surface area contributed by atoms with Gasteiger partial charge in [0.1, 0.15) is 48.6 Å². The van der Waals surface area contributed by atoms with Crippen LogP contribution in [0.1, 0.15) is 46.5 Å². The Kier molecular flexibility index (Phi) is 10.1. The quantitative estimate of drug-likeness (QED) is 0.176. The van der Waals surface area contributed by atoms with Gasteiger partial charge in [-0.2, -0.15) is 10.2 Å². The molecule has 1 unspecified atom stereocenters. The van der Waals surface area contributed by atoms with E-state index in [1.54, 1.807) is 21.9 Å². The van der Waals surface area contributed by atoms with Gasteiger partial charge in [0.15, 0.2) is 0 Å². The lowest BCUT2D eigenvalue weighted by Gasteiger charge is -2.37. The highest BCUT2D eigenvalue weighted by Gasteiger charge is 2.45. The van der Waals surface area contributed by atoms with E-state index in [0.29, 0.717) is 31.6 Å². The van der Waals surface area contributed by atoms with Crippen LogP contribution >= 0.6 is 0 Å². The number of ether oxygens (including phenoxy) is 2. The van der Waals surface area contributed by atoms with Crippen molar-refractivity contribution in [2.75, 3.05) is 42.6 Å². The van der Waals surface area contributed by atoms with Crippen LogP contribution in [0.2, 0.25) is 0 Å². The number of hydrogen-bond acceptors (Lipinski definition) is 8. The third-order valence-electron chi connectivity index (χ3n) is 10.0. The lowest BCUT2D eigenvalue weighted by atomic mass is 9.88. The van der Waals surface area contributed by atoms with E-state index in [1.165, 1.54) is 29.2 Å². The number of halogens is 2. The first-order valence-electron chi connectivity index (χ1n) is 18.0. The number of piperazine rings is 1. The van der Waals surface area contributed by atoms with E-state index in [-0.39, 0.29) is 30.2 Å². The maximum absolute atomic E-state index is 15.2. The van der Waals surface area contributed by atoms with Crippen molar-refractivity contribution < 1.29 is 18.3 Å². The molecule has 11 nitrogen and oxygen atoms in total. The molecule has 2 aromatic heterocycles. The molecule has 7 rings (SSSR count). The van der Waals surface area contributed by atoms with E-state index in [0.717, 1.165) is 55.4 Å². The van der Waals surface area contributed by atoms with Gasteiger partial charge in [0.05, 0.1) is 18.3 Å². The zero-order valence-electron chi connectivity index (χ0n) is 30.0. The number of allylic oxidation sites excluding steroid dienone is 4. The number of hydrogen-bond donors (Lipinski definition) is 0. The topological polar surface area (TPSA) is 95.5 Å². The van der Waals surface area contributed by atoms with Gasteiger partial charge in [0.2, 0.25) is 0 Å². The van der Waals surface area contributed by atoms with Crippen molar-refractivity contribution in [3.8, 4) is 11.4 Å². The molecule has 2 atom stereocenters. The summed E-state index contributed by atoms with van der Waals surface area (Å²) in [5.74, 6) is -0.158. The predicted octanol–water partition coefficient (Wildman–Crippen LogP) is 6.42. The SMILES string of the molecule is CC(C)(C)CCn1ncn(-c2ccc(N3CCN(c4ccc(OC[C@H]5CCC(Cn6cncn6)(C6=CC=C(F)CC=C6F)O5)cc4)CC3)cc2)c1=O. The molecule has 0 amide bonds. The molecule has 2 saturated heterocycles. The zero-order chi connectivity index (χ0) is 36.3. The number of aromatic nitrogens is 6. The van der Waals surface area contributed by atoms with Gasteiger partial charge < -0.3 is 19.3 Å². The maximum Gasteiger partial charge on any atom is 0.350 e. The Bertz CT molecular complexity index is 1970. The lowest BCUT2D eigenvalue weighted by Crippen LogP contribution is -2.46. The second-order valence-corrected chi connectivity index (χ2v) is 14.9. The molecule has 13 heteroatoms. The molecule has 2 aromatic carbocycles. The average molecular weight is 713 g/mol. The van der Waals surface area contributed by atoms with Crippen molar-refractivity contribution in [1.29, 1.82) is 0 Å². The van der Waals surface area contributed by atoms with Crippen LogP contribution in [0.25, 0.3) is 5.69 Å². The van der Waals surface area contributed by atoms with Crippen molar-refractivity contribution >= 4 is 11.4 Å². The summed E-state index contributed by atoms with van der Waals surface area (Å²) in [5.41, 5.74) is 2.35. The summed E-state index contributed by atoms with van der Waals surface area (Å²) in [4.78, 5) is 21.7. The standard InChI is InChI=1S/C39H46F2N8O3/c1-38(2,3)18-19-49-37(50)48(28-44-49)32-8-6-30(7-9-32)45-20-22-46(23-21-45)31-10-12-33(13-11-31)51-24-34-16-17-39(52-34,25-47-27-42-26-43-47)35-14-4-29(40)5-15-36(35)41/h4,6-15,26-28,34H,5,16-25H2,1-3H3/t34-,39?/m1/s1. The normalized spacial score (nSPS) is 21.1. The summed E-state index contributed by atoms with van der Waals surface area (Å²) >= 11 is 0. The van der Waals surface area contributed by atoms with E-state index in [2.05, 4.69) is 70.0 Å². The van der Waals surface area contributed by atoms with Gasteiger partial charge in [-0.25, -0.2) is 32.5 Å². The Morgan fingerprint density at radius 3 is 2.23 bits per heavy atom. The summed E-state index contributed by atoms with van der Waals surface area (Å²) in [6.07, 6.45) is 10.3. The first-order chi connectivity index (χ1) is 25.0. The molecular formula is C39H46F2N8O3. The van der Waals surface area contributed by atoms with Gasteiger partial charge >= 0.3 is 5.69 Å². The minimum absolute atomic E-state index is 0.0891. The largest absolute Gasteiger partial charge is 0.491 e. The van der Waals surface area contributed by atoms with Crippen LogP contribution < -0.4 is 20.2 Å². The van der Waals surface area contributed by atoms with Crippen LogP contribution in [0.4, 0.5) is 20.2 Å². The molecule has 0 spiro atoms. The van der Waals surface area contributed by atoms with Gasteiger partial charge in [0, 0.05) is 56.1 Å². The van der Waals surface area contributed by atoms with Gasteiger partial charge in [0.25, 0.3) is 0 Å². The molecule has 274 valence electrons. The van der Waals surface area contributed by atoms with Crippen molar-refractivity contribution in [2.45, 2.75) is 71.2 Å². The van der Waals surface area contributed by atoms with E-state index in [1.807, 2.05) is 24.3 Å². The Balaban J connectivity index is 0.915. The Hall–Kier alpha value is -5.04. The lowest BCUT2D eigenvalue weighted by molar-refractivity contribution is -0.0437. The molecule has 0 radical (unpaired) electrons. The minimum Gasteiger partial charge on any atom is -0.491 e. The van der Waals surface area contributed by atoms with Gasteiger partial charge in [-0.05, 0) is 85.4 Å². The second kappa shape index (κ2) is 14.9. The summed E-state index contributed by atoms with van der Waals surface area (Å²) in [6.45, 7) is 11.1. The highest BCUT2D eigenvalue weighted by atomic mass is 19.1. The van der Waals surface area contributed by atoms with Crippen LogP contribution in [0.3, 0.4) is 0 Å². The molecule has 3 aliphatic rings. The fourth-order valence-corrected chi connectivity index (χ4v) is 7.01. The molecule has 1 aliphatic carbocycles. The summed E-state index contributed by atoms with van der Waals surface area (Å²) in [7, 11) is 0. The molecule has 0 bridgehead atoms. The Labute approximate surface area is 302 Å². The minimum atomic E-state index is -1.02. The molecule has 2 fully saturated rings. The highest BCUT2D eigenvalue weighted by molar-refractivity contribution is 5.55. The smallest absolute Gasteiger partial charge is 0.350 e. The van der Waals surface area contributed by atoms with E-state index in [9.17, 15) is 9.18 Å². The van der Waals surface area contributed by atoms with E-state index < -0.39 is 17.3 Å². The average Bonchev–Trinajstić information content (AvgIpc) is 3.87. The fraction of sp³-hybridized carbons (Fsp3) is 0.436. The molecular weight excluding hydrogens is 666 g/mol. The molecule has 4 aromatic rings. The van der Waals surface area contributed by atoms with Gasteiger partial charge in [-0.3, -0.25) is 0 Å². The number of rotatable bonds is 11. The highest BCUT2D eigenvalue weighted by Crippen LogP contribution is 2.42. The first kappa shape index (κ1) is 35.4. The molecule has 0 saturated carbocycles. The summed E-state index contributed by atoms with van der Waals surface area (Å²) in [6, 6.07) is 16.2. The van der Waals surface area contributed by atoms with Crippen LogP contribution in [-0.2, 0) is 17.8 Å². The molecule has 0 N–H and O–H groups in total. The van der Waals surface area contributed by atoms with Crippen LogP contribution in [0, 0.1) is 5.41 Å². The van der Waals surface area contributed by atoms with Gasteiger partial charge in [-0.1, -0.05) is 26.8 Å². The van der Waals surface area contributed by atoms with Crippen LogP contribution in [-0.4, -0.2) is 73.6 Å². The first-order valence-corrected chi connectivity index (χ1v) is 18.0. The molecule has 2 aliphatic heterocycles. The number of aryl methyl sites for hydroxylation is 1. The van der Waals surface area contributed by atoms with Crippen molar-refractivity contribution in [2.24, 2.45) is 5.41 Å². The van der Waals surface area contributed by atoms with Gasteiger partial charge in [-0.15, -0.1) is 0 Å². The monoisotopic (exact) mass is 712 g/mol. The van der Waals surface area contributed by atoms with E-state index >= 15 is 4.39 Å². The summed E-state index contributed by atoms with van der Waals surface area (Å²) in [5, 5.41) is 8.54. The number of nitrogens with zero attached hydrogens (tertiary/aromatic N) is 8. The number of benzene rings is 2. The van der Waals surface area contributed by atoms with Crippen molar-refractivity contribution in [1.82, 2.24) is 29.1 Å². The van der Waals surface area contributed by atoms with Crippen molar-refractivity contribution in [3.63, 3.8) is 0 Å². The Morgan fingerprint density at radius 2 is 1.58 bits per heavy atom. The Morgan fingerprint density at radius 1 is 0.904 bits per heavy atom. The summed E-state index contributed by atoms with van der Waals surface area (Å²) < 4.78 is 46.7. The molecule has 4 heterocycles. The third-order valence-corrected chi connectivity index (χ3v) is 10.0. The number of anilines is 2. The predicted molar refractivity (Wildman–Crippen MR) is 196 cm³/mol. The third kappa shape index (κ3) is 8.04. The fourth-order valence-electron chi connectivity index (χ4n) is 7.01. The zero-order valence-corrected chi connectivity index (χ0v) is 30.0. The maximum atomic E-state index is 15.2.